The van der Waals surface area contributed by atoms with E-state index >= 15 is 0 Å². The minimum absolute atomic E-state index is 0.0600. The largest absolute Gasteiger partial charge is 0.399 e. The van der Waals surface area contributed by atoms with E-state index in [-0.39, 0.29) is 12.7 Å². The third-order valence-corrected chi connectivity index (χ3v) is 3.13. The van der Waals surface area contributed by atoms with Crippen LogP contribution >= 0.6 is 0 Å². The van der Waals surface area contributed by atoms with Crippen molar-refractivity contribution in [2.45, 2.75) is 26.0 Å². The Hall–Kier alpha value is -1.26. The summed E-state index contributed by atoms with van der Waals surface area (Å²) in [5.41, 5.74) is 8.91. The van der Waals surface area contributed by atoms with Crippen LogP contribution in [0.5, 0.6) is 0 Å². The van der Waals surface area contributed by atoms with Gasteiger partial charge in [0.15, 0.2) is 0 Å². The van der Waals surface area contributed by atoms with Crippen LogP contribution in [0.1, 0.15) is 12.5 Å². The average Bonchev–Trinajstić information content (AvgIpc) is 2.28. The molecule has 0 amide bonds. The number of morpholine rings is 1. The number of ether oxygens (including phenoxy) is 1. The summed E-state index contributed by atoms with van der Waals surface area (Å²) in [6, 6.07) is 6.35. The molecule has 0 saturated carbocycles. The molecule has 0 aromatic heterocycles. The van der Waals surface area contributed by atoms with Crippen molar-refractivity contribution in [3.05, 3.63) is 23.8 Å². The van der Waals surface area contributed by atoms with E-state index in [2.05, 4.69) is 17.9 Å². The van der Waals surface area contributed by atoms with Gasteiger partial charge in [-0.15, -0.1) is 0 Å². The van der Waals surface area contributed by atoms with E-state index in [9.17, 15) is 5.11 Å². The number of hydrogen-bond donors (Lipinski definition) is 2. The molecule has 0 bridgehead atoms. The van der Waals surface area contributed by atoms with Gasteiger partial charge >= 0.3 is 0 Å². The van der Waals surface area contributed by atoms with Gasteiger partial charge in [0.1, 0.15) is 0 Å². The lowest BCUT2D eigenvalue weighted by Gasteiger charge is -2.39. The lowest BCUT2D eigenvalue weighted by atomic mass is 10.1. The second-order valence-corrected chi connectivity index (χ2v) is 4.74. The van der Waals surface area contributed by atoms with Gasteiger partial charge in [-0.1, -0.05) is 0 Å². The third kappa shape index (κ3) is 2.70. The molecule has 2 rings (SSSR count). The quantitative estimate of drug-likeness (QED) is 0.757. The molecule has 0 radical (unpaired) electrons. The van der Waals surface area contributed by atoms with Crippen molar-refractivity contribution in [3.63, 3.8) is 0 Å². The van der Waals surface area contributed by atoms with Crippen molar-refractivity contribution in [3.8, 4) is 0 Å². The SMILES string of the molecule is Cc1cc(N)cc(N2CC(CO)OCC2C)c1. The van der Waals surface area contributed by atoms with Crippen LogP contribution in [0.15, 0.2) is 18.2 Å². The van der Waals surface area contributed by atoms with Gasteiger partial charge < -0.3 is 20.5 Å². The van der Waals surface area contributed by atoms with E-state index < -0.39 is 0 Å². The second-order valence-electron chi connectivity index (χ2n) is 4.74. The number of anilines is 2. The molecule has 2 atom stereocenters. The number of nitrogens with zero attached hydrogens (tertiary/aromatic N) is 1. The molecule has 4 heteroatoms. The molecule has 1 aromatic rings. The Kier molecular flexibility index (Phi) is 3.54. The molecule has 1 saturated heterocycles. The highest BCUT2D eigenvalue weighted by Gasteiger charge is 2.25. The number of hydrogen-bond acceptors (Lipinski definition) is 4. The Morgan fingerprint density at radius 2 is 2.24 bits per heavy atom. The van der Waals surface area contributed by atoms with Crippen LogP contribution in [-0.2, 0) is 4.74 Å². The molecular formula is C13H20N2O2. The summed E-state index contributed by atoms with van der Waals surface area (Å²) in [5.74, 6) is 0. The Morgan fingerprint density at radius 1 is 1.47 bits per heavy atom. The lowest BCUT2D eigenvalue weighted by Crippen LogP contribution is -2.49. The van der Waals surface area contributed by atoms with Crippen LogP contribution in [0.4, 0.5) is 11.4 Å². The Labute approximate surface area is 102 Å². The minimum Gasteiger partial charge on any atom is -0.399 e. The van der Waals surface area contributed by atoms with Gasteiger partial charge in [-0.25, -0.2) is 0 Å². The zero-order chi connectivity index (χ0) is 12.4. The summed E-state index contributed by atoms with van der Waals surface area (Å²) in [6.45, 7) is 5.56. The van der Waals surface area contributed by atoms with E-state index in [1.54, 1.807) is 0 Å². The normalized spacial score (nSPS) is 25.0. The van der Waals surface area contributed by atoms with Gasteiger partial charge in [-0.05, 0) is 37.6 Å². The van der Waals surface area contributed by atoms with Crippen molar-refractivity contribution in [2.24, 2.45) is 0 Å². The number of nitrogens with two attached hydrogens (primary N) is 1. The highest BCUT2D eigenvalue weighted by atomic mass is 16.5. The van der Waals surface area contributed by atoms with Crippen LogP contribution in [0.3, 0.4) is 0 Å². The maximum absolute atomic E-state index is 9.17. The summed E-state index contributed by atoms with van der Waals surface area (Å²) in [4.78, 5) is 2.24. The highest BCUT2D eigenvalue weighted by molar-refractivity contribution is 5.59. The summed E-state index contributed by atoms with van der Waals surface area (Å²) in [6.07, 6.45) is -0.104. The number of rotatable bonds is 2. The predicted molar refractivity (Wildman–Crippen MR) is 69.2 cm³/mol. The monoisotopic (exact) mass is 236 g/mol. The summed E-state index contributed by atoms with van der Waals surface area (Å²) in [7, 11) is 0. The van der Waals surface area contributed by atoms with Gasteiger partial charge in [-0.2, -0.15) is 0 Å². The molecule has 1 aromatic carbocycles. The van der Waals surface area contributed by atoms with Crippen molar-refractivity contribution in [2.75, 3.05) is 30.4 Å². The molecule has 3 N–H and O–H groups in total. The van der Waals surface area contributed by atoms with Crippen molar-refractivity contribution >= 4 is 11.4 Å². The summed E-state index contributed by atoms with van der Waals surface area (Å²) < 4.78 is 5.53. The van der Waals surface area contributed by atoms with Gasteiger partial charge in [0.25, 0.3) is 0 Å². The van der Waals surface area contributed by atoms with E-state index in [4.69, 9.17) is 10.5 Å². The Morgan fingerprint density at radius 3 is 2.88 bits per heavy atom. The first-order valence-corrected chi connectivity index (χ1v) is 5.96. The average molecular weight is 236 g/mol. The van der Waals surface area contributed by atoms with Gasteiger partial charge in [-0.3, -0.25) is 0 Å². The van der Waals surface area contributed by atoms with Crippen LogP contribution in [0, 0.1) is 6.92 Å². The molecule has 17 heavy (non-hydrogen) atoms. The number of aryl methyl sites for hydroxylation is 1. The predicted octanol–water partition coefficient (Wildman–Crippen LogP) is 1.16. The van der Waals surface area contributed by atoms with Crippen molar-refractivity contribution < 1.29 is 9.84 Å². The molecule has 94 valence electrons. The minimum atomic E-state index is -0.104. The van der Waals surface area contributed by atoms with Gasteiger partial charge in [0, 0.05) is 24.0 Å². The van der Waals surface area contributed by atoms with E-state index in [1.807, 2.05) is 19.1 Å². The zero-order valence-corrected chi connectivity index (χ0v) is 10.4. The van der Waals surface area contributed by atoms with Crippen LogP contribution in [-0.4, -0.2) is 37.0 Å². The van der Waals surface area contributed by atoms with Crippen LogP contribution in [0.2, 0.25) is 0 Å². The standard InChI is InChI=1S/C13H20N2O2/c1-9-3-11(14)5-12(4-9)15-6-13(7-16)17-8-10(15)2/h3-5,10,13,16H,6-8,14H2,1-2H3. The highest BCUT2D eigenvalue weighted by Crippen LogP contribution is 2.25. The number of benzene rings is 1. The maximum atomic E-state index is 9.17. The van der Waals surface area contributed by atoms with Gasteiger partial charge in [0.05, 0.1) is 19.3 Å². The fourth-order valence-electron chi connectivity index (χ4n) is 2.25. The zero-order valence-electron chi connectivity index (χ0n) is 10.4. The summed E-state index contributed by atoms with van der Waals surface area (Å²) >= 11 is 0. The molecule has 4 nitrogen and oxygen atoms in total. The van der Waals surface area contributed by atoms with E-state index in [1.165, 1.54) is 0 Å². The fraction of sp³-hybridized carbons (Fsp3) is 0.538. The Balaban J connectivity index is 2.24. The molecule has 1 fully saturated rings. The smallest absolute Gasteiger partial charge is 0.0981 e. The fourth-order valence-corrected chi connectivity index (χ4v) is 2.25. The number of aliphatic hydroxyl groups excluding tert-OH is 1. The first-order chi connectivity index (χ1) is 8.10. The molecule has 0 spiro atoms. The topological polar surface area (TPSA) is 58.7 Å². The maximum Gasteiger partial charge on any atom is 0.0981 e. The molecule has 0 aliphatic carbocycles. The number of aliphatic hydroxyl groups is 1. The van der Waals surface area contributed by atoms with Crippen molar-refractivity contribution in [1.29, 1.82) is 0 Å². The third-order valence-electron chi connectivity index (χ3n) is 3.13. The van der Waals surface area contributed by atoms with Crippen molar-refractivity contribution in [1.82, 2.24) is 0 Å². The number of nitrogen functional groups attached to an aromatic ring is 1. The van der Waals surface area contributed by atoms with Crippen LogP contribution in [0.25, 0.3) is 0 Å². The van der Waals surface area contributed by atoms with Gasteiger partial charge in [0.2, 0.25) is 0 Å². The first-order valence-electron chi connectivity index (χ1n) is 5.96. The molecule has 1 aliphatic heterocycles. The second kappa shape index (κ2) is 4.94. The van der Waals surface area contributed by atoms with E-state index in [0.29, 0.717) is 19.2 Å². The molecule has 1 heterocycles. The summed E-state index contributed by atoms with van der Waals surface area (Å²) in [5, 5.41) is 9.17. The first kappa shape index (κ1) is 12.2. The molecular weight excluding hydrogens is 216 g/mol. The molecule has 2 unspecified atom stereocenters. The Bertz CT molecular complexity index is 375. The molecule has 1 aliphatic rings. The lowest BCUT2D eigenvalue weighted by molar-refractivity contribution is -0.0103. The van der Waals surface area contributed by atoms with E-state index in [0.717, 1.165) is 16.9 Å². The van der Waals surface area contributed by atoms with Crippen LogP contribution < -0.4 is 10.6 Å².